The predicted molar refractivity (Wildman–Crippen MR) is 45.5 cm³/mol. The summed E-state index contributed by atoms with van der Waals surface area (Å²) in [7, 11) is 0. The van der Waals surface area contributed by atoms with E-state index in [0.29, 0.717) is 6.67 Å². The van der Waals surface area contributed by atoms with Crippen molar-refractivity contribution in [2.45, 2.75) is 19.3 Å². The minimum atomic E-state index is -0.409. The van der Waals surface area contributed by atoms with Gasteiger partial charge >= 0.3 is 0 Å². The van der Waals surface area contributed by atoms with Crippen LogP contribution in [0.5, 0.6) is 0 Å². The molecule has 0 bridgehead atoms. The second-order valence-electron chi connectivity index (χ2n) is 3.09. The number of carbonyl (C=O) groups excluding carboxylic acids is 1. The second-order valence-corrected chi connectivity index (χ2v) is 3.09. The van der Waals surface area contributed by atoms with Crippen LogP contribution in [0.1, 0.15) is 19.3 Å². The molecule has 1 aliphatic rings. The summed E-state index contributed by atoms with van der Waals surface area (Å²) in [6, 6.07) is 0. The molecule has 1 aliphatic heterocycles. The van der Waals surface area contributed by atoms with Gasteiger partial charge in [-0.15, -0.1) is 0 Å². The van der Waals surface area contributed by atoms with Crippen LogP contribution in [-0.4, -0.2) is 42.3 Å². The Hall–Kier alpha value is -0.610. The van der Waals surface area contributed by atoms with Crippen molar-refractivity contribution in [1.82, 2.24) is 10.2 Å². The number of piperidine rings is 1. The van der Waals surface area contributed by atoms with Crippen molar-refractivity contribution in [3.8, 4) is 0 Å². The minimum absolute atomic E-state index is 0.291. The summed E-state index contributed by atoms with van der Waals surface area (Å²) in [4.78, 5) is 12.9. The van der Waals surface area contributed by atoms with Gasteiger partial charge in [-0.3, -0.25) is 9.69 Å². The molecule has 12 heavy (non-hydrogen) atoms. The average molecular weight is 172 g/mol. The maximum Gasteiger partial charge on any atom is 0.246 e. The smallest absolute Gasteiger partial charge is 0.246 e. The molecule has 0 aromatic carbocycles. The van der Waals surface area contributed by atoms with Gasteiger partial charge in [-0.2, -0.15) is 0 Å². The SMILES string of the molecule is O=C(CO)NCN1CCCCC1. The number of amides is 1. The van der Waals surface area contributed by atoms with Crippen molar-refractivity contribution < 1.29 is 9.90 Å². The van der Waals surface area contributed by atoms with Gasteiger partial charge in [0.15, 0.2) is 0 Å². The van der Waals surface area contributed by atoms with Gasteiger partial charge in [0.1, 0.15) is 6.61 Å². The van der Waals surface area contributed by atoms with Gasteiger partial charge in [-0.1, -0.05) is 6.42 Å². The van der Waals surface area contributed by atoms with Crippen LogP contribution in [0.4, 0.5) is 0 Å². The summed E-state index contributed by atoms with van der Waals surface area (Å²) in [6.07, 6.45) is 3.73. The van der Waals surface area contributed by atoms with Gasteiger partial charge in [-0.05, 0) is 25.9 Å². The first kappa shape index (κ1) is 9.48. The summed E-state index contributed by atoms with van der Waals surface area (Å²) < 4.78 is 0. The topological polar surface area (TPSA) is 52.6 Å². The second kappa shape index (κ2) is 5.11. The monoisotopic (exact) mass is 172 g/mol. The molecule has 1 amide bonds. The third-order valence-corrected chi connectivity index (χ3v) is 2.09. The molecule has 2 N–H and O–H groups in total. The highest BCUT2D eigenvalue weighted by molar-refractivity contribution is 5.76. The zero-order chi connectivity index (χ0) is 8.81. The molecule has 4 heteroatoms. The normalized spacial score (nSPS) is 19.1. The van der Waals surface area contributed by atoms with Gasteiger partial charge in [0.25, 0.3) is 0 Å². The highest BCUT2D eigenvalue weighted by Gasteiger charge is 2.09. The standard InChI is InChI=1S/C8H16N2O2/c11-6-8(12)9-7-10-4-2-1-3-5-10/h11H,1-7H2,(H,9,12). The molecule has 1 fully saturated rings. The van der Waals surface area contributed by atoms with Crippen LogP contribution in [0, 0.1) is 0 Å². The lowest BCUT2D eigenvalue weighted by atomic mass is 10.1. The largest absolute Gasteiger partial charge is 0.387 e. The Kier molecular flexibility index (Phi) is 4.04. The maximum atomic E-state index is 10.7. The molecular formula is C8H16N2O2. The quantitative estimate of drug-likeness (QED) is 0.605. The van der Waals surface area contributed by atoms with Gasteiger partial charge in [-0.25, -0.2) is 0 Å². The number of nitrogens with zero attached hydrogens (tertiary/aromatic N) is 1. The van der Waals surface area contributed by atoms with Crippen molar-refractivity contribution in [2.24, 2.45) is 0 Å². The molecule has 4 nitrogen and oxygen atoms in total. The van der Waals surface area contributed by atoms with Crippen LogP contribution in [0.15, 0.2) is 0 Å². The maximum absolute atomic E-state index is 10.7. The highest BCUT2D eigenvalue weighted by Crippen LogP contribution is 2.06. The number of carbonyl (C=O) groups is 1. The summed E-state index contributed by atoms with van der Waals surface area (Å²) in [6.45, 7) is 2.30. The van der Waals surface area contributed by atoms with Crippen molar-refractivity contribution >= 4 is 5.91 Å². The third-order valence-electron chi connectivity index (χ3n) is 2.09. The Morgan fingerprint density at radius 3 is 2.58 bits per heavy atom. The van der Waals surface area contributed by atoms with E-state index in [4.69, 9.17) is 5.11 Å². The summed E-state index contributed by atoms with van der Waals surface area (Å²) >= 11 is 0. The van der Waals surface area contributed by atoms with E-state index in [1.54, 1.807) is 0 Å². The molecule has 0 atom stereocenters. The highest BCUT2D eigenvalue weighted by atomic mass is 16.3. The van der Waals surface area contributed by atoms with E-state index in [1.165, 1.54) is 19.3 Å². The molecule has 0 unspecified atom stereocenters. The zero-order valence-electron chi connectivity index (χ0n) is 7.25. The van der Waals surface area contributed by atoms with Crippen LogP contribution in [0.3, 0.4) is 0 Å². The lowest BCUT2D eigenvalue weighted by Gasteiger charge is -2.26. The summed E-state index contributed by atoms with van der Waals surface area (Å²) in [5, 5.41) is 11.1. The van der Waals surface area contributed by atoms with Gasteiger partial charge in [0.2, 0.25) is 5.91 Å². The average Bonchev–Trinajstić information content (AvgIpc) is 2.16. The number of likely N-dealkylation sites (tertiary alicyclic amines) is 1. The number of aliphatic hydroxyl groups is 1. The number of hydrogen-bond acceptors (Lipinski definition) is 3. The Morgan fingerprint density at radius 1 is 1.33 bits per heavy atom. The fourth-order valence-electron chi connectivity index (χ4n) is 1.37. The molecule has 0 aromatic rings. The van der Waals surface area contributed by atoms with Crippen molar-refractivity contribution in [3.63, 3.8) is 0 Å². The molecular weight excluding hydrogens is 156 g/mol. The Labute approximate surface area is 72.6 Å². The van der Waals surface area contributed by atoms with Crippen LogP contribution in [0.25, 0.3) is 0 Å². The molecule has 0 radical (unpaired) electrons. The first-order valence-electron chi connectivity index (χ1n) is 4.43. The third kappa shape index (κ3) is 3.19. The van der Waals surface area contributed by atoms with E-state index >= 15 is 0 Å². The number of nitrogens with one attached hydrogen (secondary N) is 1. The number of hydrogen-bond donors (Lipinski definition) is 2. The van der Waals surface area contributed by atoms with Crippen molar-refractivity contribution in [3.05, 3.63) is 0 Å². The predicted octanol–water partition coefficient (Wildman–Crippen LogP) is -0.462. The summed E-state index contributed by atoms with van der Waals surface area (Å²) in [5.74, 6) is -0.291. The lowest BCUT2D eigenvalue weighted by Crippen LogP contribution is -2.41. The molecule has 70 valence electrons. The molecule has 1 heterocycles. The number of aliphatic hydroxyl groups excluding tert-OH is 1. The van der Waals surface area contributed by atoms with E-state index in [0.717, 1.165) is 13.1 Å². The molecule has 0 aromatic heterocycles. The van der Waals surface area contributed by atoms with E-state index in [1.807, 2.05) is 0 Å². The molecule has 1 rings (SSSR count). The summed E-state index contributed by atoms with van der Waals surface area (Å²) in [5.41, 5.74) is 0. The molecule has 0 saturated carbocycles. The van der Waals surface area contributed by atoms with Crippen LogP contribution in [0.2, 0.25) is 0 Å². The van der Waals surface area contributed by atoms with E-state index < -0.39 is 6.61 Å². The fraction of sp³-hybridized carbons (Fsp3) is 0.875. The Morgan fingerprint density at radius 2 is 2.00 bits per heavy atom. The van der Waals surface area contributed by atoms with Gasteiger partial charge in [0, 0.05) is 0 Å². The van der Waals surface area contributed by atoms with Crippen LogP contribution < -0.4 is 5.32 Å². The Bertz CT molecular complexity index is 144. The fourth-order valence-corrected chi connectivity index (χ4v) is 1.37. The Balaban J connectivity index is 2.09. The molecule has 0 spiro atoms. The van der Waals surface area contributed by atoms with E-state index in [9.17, 15) is 4.79 Å². The van der Waals surface area contributed by atoms with E-state index in [-0.39, 0.29) is 5.91 Å². The zero-order valence-corrected chi connectivity index (χ0v) is 7.25. The molecule has 1 saturated heterocycles. The van der Waals surface area contributed by atoms with Crippen molar-refractivity contribution in [1.29, 1.82) is 0 Å². The first-order chi connectivity index (χ1) is 5.83. The van der Waals surface area contributed by atoms with Gasteiger partial charge < -0.3 is 10.4 Å². The van der Waals surface area contributed by atoms with Crippen LogP contribution in [-0.2, 0) is 4.79 Å². The van der Waals surface area contributed by atoms with Gasteiger partial charge in [0.05, 0.1) is 6.67 Å². The minimum Gasteiger partial charge on any atom is -0.387 e. The molecule has 0 aliphatic carbocycles. The first-order valence-corrected chi connectivity index (χ1v) is 4.43. The van der Waals surface area contributed by atoms with Crippen LogP contribution >= 0.6 is 0 Å². The lowest BCUT2D eigenvalue weighted by molar-refractivity contribution is -0.124. The van der Waals surface area contributed by atoms with Crippen molar-refractivity contribution in [2.75, 3.05) is 26.4 Å². The number of rotatable bonds is 3. The van der Waals surface area contributed by atoms with E-state index in [2.05, 4.69) is 10.2 Å².